The van der Waals surface area contributed by atoms with Gasteiger partial charge in [0.15, 0.2) is 0 Å². The predicted molar refractivity (Wildman–Crippen MR) is 83.0 cm³/mol. The van der Waals surface area contributed by atoms with Crippen LogP contribution in [-0.4, -0.2) is 30.5 Å². The second kappa shape index (κ2) is 7.13. The van der Waals surface area contributed by atoms with Crippen molar-refractivity contribution in [1.82, 2.24) is 15.1 Å². The Labute approximate surface area is 125 Å². The average molecular weight is 289 g/mol. The molecule has 0 saturated heterocycles. The third kappa shape index (κ3) is 3.19. The van der Waals surface area contributed by atoms with E-state index < -0.39 is 0 Å². The molecule has 0 amide bonds. The minimum atomic E-state index is 0.0162. The molecule has 1 aromatic carbocycles. The molecule has 0 aliphatic heterocycles. The Balaban J connectivity index is 2.51. The molecule has 0 aliphatic carbocycles. The van der Waals surface area contributed by atoms with Crippen LogP contribution < -0.4 is 14.8 Å². The molecule has 0 aliphatic rings. The number of methoxy groups -OCH3 is 2. The van der Waals surface area contributed by atoms with E-state index in [1.54, 1.807) is 14.2 Å². The molecule has 1 aromatic heterocycles. The van der Waals surface area contributed by atoms with Crippen molar-refractivity contribution in [2.45, 2.75) is 26.4 Å². The van der Waals surface area contributed by atoms with Gasteiger partial charge in [0.2, 0.25) is 0 Å². The van der Waals surface area contributed by atoms with E-state index >= 15 is 0 Å². The number of hydrogen-bond acceptors (Lipinski definition) is 4. The van der Waals surface area contributed by atoms with E-state index in [0.29, 0.717) is 0 Å². The molecule has 0 bridgehead atoms. The Morgan fingerprint density at radius 2 is 2.00 bits per heavy atom. The van der Waals surface area contributed by atoms with Crippen LogP contribution >= 0.6 is 0 Å². The van der Waals surface area contributed by atoms with Crippen molar-refractivity contribution in [2.75, 3.05) is 20.8 Å². The van der Waals surface area contributed by atoms with Gasteiger partial charge in [0.1, 0.15) is 11.5 Å². The third-order valence-corrected chi connectivity index (χ3v) is 3.50. The van der Waals surface area contributed by atoms with Crippen LogP contribution in [0.1, 0.15) is 31.1 Å². The third-order valence-electron chi connectivity index (χ3n) is 3.50. The van der Waals surface area contributed by atoms with Gasteiger partial charge in [0.25, 0.3) is 0 Å². The first-order valence-electron chi connectivity index (χ1n) is 7.22. The zero-order valence-corrected chi connectivity index (χ0v) is 13.1. The Kier molecular flexibility index (Phi) is 5.22. The molecule has 1 heterocycles. The molecular weight excluding hydrogens is 266 g/mol. The molecule has 0 spiro atoms. The van der Waals surface area contributed by atoms with Gasteiger partial charge in [-0.2, -0.15) is 5.10 Å². The van der Waals surface area contributed by atoms with E-state index in [0.717, 1.165) is 35.8 Å². The fraction of sp³-hybridized carbons (Fsp3) is 0.438. The maximum Gasteiger partial charge on any atom is 0.124 e. The SMILES string of the molecule is CCNC(c1cc(OC)ccc1OC)c1ccnn1CC. The van der Waals surface area contributed by atoms with Crippen molar-refractivity contribution in [2.24, 2.45) is 0 Å². The summed E-state index contributed by atoms with van der Waals surface area (Å²) in [6.07, 6.45) is 1.83. The van der Waals surface area contributed by atoms with E-state index in [-0.39, 0.29) is 6.04 Å². The van der Waals surface area contributed by atoms with Crippen LogP contribution in [0.4, 0.5) is 0 Å². The van der Waals surface area contributed by atoms with E-state index in [1.807, 2.05) is 35.1 Å². The zero-order chi connectivity index (χ0) is 15.2. The summed E-state index contributed by atoms with van der Waals surface area (Å²) in [6, 6.07) is 7.91. The Hall–Kier alpha value is -2.01. The first-order chi connectivity index (χ1) is 10.2. The molecule has 114 valence electrons. The second-order valence-corrected chi connectivity index (χ2v) is 4.67. The molecule has 1 unspecified atom stereocenters. The number of nitrogens with one attached hydrogen (secondary N) is 1. The van der Waals surface area contributed by atoms with Gasteiger partial charge in [-0.25, -0.2) is 0 Å². The summed E-state index contributed by atoms with van der Waals surface area (Å²) in [5, 5.41) is 7.87. The molecule has 2 aromatic rings. The quantitative estimate of drug-likeness (QED) is 0.851. The minimum absolute atomic E-state index is 0.0162. The fourth-order valence-electron chi connectivity index (χ4n) is 2.50. The van der Waals surface area contributed by atoms with Crippen LogP contribution in [0, 0.1) is 0 Å². The molecule has 0 radical (unpaired) electrons. The number of ether oxygens (including phenoxy) is 2. The highest BCUT2D eigenvalue weighted by atomic mass is 16.5. The lowest BCUT2D eigenvalue weighted by Crippen LogP contribution is -2.25. The van der Waals surface area contributed by atoms with Crippen molar-refractivity contribution in [1.29, 1.82) is 0 Å². The number of benzene rings is 1. The van der Waals surface area contributed by atoms with Crippen LogP contribution in [0.25, 0.3) is 0 Å². The van der Waals surface area contributed by atoms with Gasteiger partial charge in [-0.3, -0.25) is 4.68 Å². The maximum atomic E-state index is 5.52. The van der Waals surface area contributed by atoms with Crippen LogP contribution in [0.5, 0.6) is 11.5 Å². The summed E-state index contributed by atoms with van der Waals surface area (Å²) >= 11 is 0. The van der Waals surface area contributed by atoms with Crippen molar-refractivity contribution in [3.8, 4) is 11.5 Å². The molecule has 1 atom stereocenters. The van der Waals surface area contributed by atoms with Crippen LogP contribution in [-0.2, 0) is 6.54 Å². The lowest BCUT2D eigenvalue weighted by molar-refractivity contribution is 0.392. The average Bonchev–Trinajstić information content (AvgIpc) is 3.00. The normalized spacial score (nSPS) is 12.2. The number of nitrogens with zero attached hydrogens (tertiary/aromatic N) is 2. The van der Waals surface area contributed by atoms with E-state index in [2.05, 4.69) is 24.3 Å². The first kappa shape index (κ1) is 15.4. The van der Waals surface area contributed by atoms with Crippen molar-refractivity contribution in [3.05, 3.63) is 41.7 Å². The topological polar surface area (TPSA) is 48.3 Å². The Morgan fingerprint density at radius 3 is 2.62 bits per heavy atom. The lowest BCUT2D eigenvalue weighted by atomic mass is 10.0. The number of aryl methyl sites for hydroxylation is 1. The monoisotopic (exact) mass is 289 g/mol. The molecule has 0 saturated carbocycles. The van der Waals surface area contributed by atoms with E-state index in [1.165, 1.54) is 0 Å². The molecule has 0 fully saturated rings. The number of rotatable bonds is 7. The molecule has 5 heteroatoms. The summed E-state index contributed by atoms with van der Waals surface area (Å²) in [7, 11) is 3.36. The van der Waals surface area contributed by atoms with Crippen molar-refractivity contribution in [3.63, 3.8) is 0 Å². The Bertz CT molecular complexity index is 581. The maximum absolute atomic E-state index is 5.52. The van der Waals surface area contributed by atoms with E-state index in [4.69, 9.17) is 9.47 Å². The van der Waals surface area contributed by atoms with Gasteiger partial charge in [0.05, 0.1) is 26.0 Å². The molecule has 5 nitrogen and oxygen atoms in total. The zero-order valence-electron chi connectivity index (χ0n) is 13.1. The van der Waals surface area contributed by atoms with E-state index in [9.17, 15) is 0 Å². The molecule has 21 heavy (non-hydrogen) atoms. The van der Waals surface area contributed by atoms with Gasteiger partial charge in [-0.15, -0.1) is 0 Å². The largest absolute Gasteiger partial charge is 0.497 e. The summed E-state index contributed by atoms with van der Waals surface area (Å²) in [4.78, 5) is 0. The minimum Gasteiger partial charge on any atom is -0.497 e. The number of hydrogen-bond donors (Lipinski definition) is 1. The van der Waals surface area contributed by atoms with Gasteiger partial charge < -0.3 is 14.8 Å². The highest BCUT2D eigenvalue weighted by Gasteiger charge is 2.21. The molecule has 1 N–H and O–H groups in total. The van der Waals surface area contributed by atoms with Gasteiger partial charge >= 0.3 is 0 Å². The smallest absolute Gasteiger partial charge is 0.124 e. The lowest BCUT2D eigenvalue weighted by Gasteiger charge is -2.22. The molecular formula is C16H23N3O2. The first-order valence-corrected chi connectivity index (χ1v) is 7.22. The fourth-order valence-corrected chi connectivity index (χ4v) is 2.50. The predicted octanol–water partition coefficient (Wildman–Crippen LogP) is 2.62. The second-order valence-electron chi connectivity index (χ2n) is 4.67. The van der Waals surface area contributed by atoms with Crippen LogP contribution in [0.2, 0.25) is 0 Å². The van der Waals surface area contributed by atoms with Gasteiger partial charge in [-0.05, 0) is 37.7 Å². The van der Waals surface area contributed by atoms with Crippen molar-refractivity contribution < 1.29 is 9.47 Å². The standard InChI is InChI=1S/C16H23N3O2/c1-5-17-16(14-9-10-18-19(14)6-2)13-11-12(20-3)7-8-15(13)21-4/h7-11,16-17H,5-6H2,1-4H3. The summed E-state index contributed by atoms with van der Waals surface area (Å²) in [6.45, 7) is 5.85. The van der Waals surface area contributed by atoms with Gasteiger partial charge in [0, 0.05) is 18.3 Å². The van der Waals surface area contributed by atoms with Gasteiger partial charge in [-0.1, -0.05) is 6.92 Å². The summed E-state index contributed by atoms with van der Waals surface area (Å²) in [5.41, 5.74) is 2.17. The Morgan fingerprint density at radius 1 is 1.19 bits per heavy atom. The number of aromatic nitrogens is 2. The summed E-state index contributed by atoms with van der Waals surface area (Å²) < 4.78 is 12.9. The summed E-state index contributed by atoms with van der Waals surface area (Å²) in [5.74, 6) is 1.65. The highest BCUT2D eigenvalue weighted by Crippen LogP contribution is 2.33. The highest BCUT2D eigenvalue weighted by molar-refractivity contribution is 5.45. The van der Waals surface area contributed by atoms with Crippen LogP contribution in [0.15, 0.2) is 30.5 Å². The molecule has 2 rings (SSSR count). The van der Waals surface area contributed by atoms with Crippen LogP contribution in [0.3, 0.4) is 0 Å². The van der Waals surface area contributed by atoms with Crippen molar-refractivity contribution >= 4 is 0 Å².